The first-order valence-corrected chi connectivity index (χ1v) is 12.6. The van der Waals surface area contributed by atoms with Crippen LogP contribution in [0.2, 0.25) is 0 Å². The minimum absolute atomic E-state index is 0.0838. The fraction of sp³-hybridized carbons (Fsp3) is 0.138. The van der Waals surface area contributed by atoms with Crippen molar-refractivity contribution in [1.29, 1.82) is 5.26 Å². The van der Waals surface area contributed by atoms with Crippen molar-refractivity contribution in [1.82, 2.24) is 4.98 Å². The highest BCUT2D eigenvalue weighted by Crippen LogP contribution is 2.34. The van der Waals surface area contributed by atoms with Crippen molar-refractivity contribution in [2.75, 3.05) is 11.1 Å². The Bertz CT molecular complexity index is 1500. The van der Waals surface area contributed by atoms with Gasteiger partial charge in [0.05, 0.1) is 21.9 Å². The number of nitro benzene ring substituents is 1. The van der Waals surface area contributed by atoms with Crippen LogP contribution in [-0.4, -0.2) is 21.6 Å². The molecule has 0 bridgehead atoms. The molecule has 0 saturated carbocycles. The molecule has 0 unspecified atom stereocenters. The van der Waals surface area contributed by atoms with Gasteiger partial charge >= 0.3 is 0 Å². The SMILES string of the molecule is Cc1ccc(-c2cc(-c3ccccc3)nc(SCCC(=O)Nc3cc([N+](=O)[O-])ccc3C)c2C#N)cc1. The molecule has 0 spiro atoms. The molecule has 0 fully saturated rings. The van der Waals surface area contributed by atoms with Gasteiger partial charge in [0.25, 0.3) is 5.69 Å². The highest BCUT2D eigenvalue weighted by molar-refractivity contribution is 7.99. The number of nitriles is 1. The molecule has 0 saturated heterocycles. The second kappa shape index (κ2) is 11.5. The molecular weight excluding hydrogens is 484 g/mol. The lowest BCUT2D eigenvalue weighted by Gasteiger charge is -2.13. The molecule has 1 amide bonds. The van der Waals surface area contributed by atoms with E-state index in [1.165, 1.54) is 23.9 Å². The van der Waals surface area contributed by atoms with Gasteiger partial charge in [-0.15, -0.1) is 11.8 Å². The van der Waals surface area contributed by atoms with Crippen LogP contribution in [0.1, 0.15) is 23.1 Å². The van der Waals surface area contributed by atoms with Gasteiger partial charge in [-0.05, 0) is 31.0 Å². The molecular formula is C29H24N4O3S. The standard InChI is InChI=1S/C29H24N4O3S/c1-19-8-11-21(12-9-19)24-17-27(22-6-4-3-5-7-22)32-29(25(24)18-30)37-15-14-28(34)31-26-16-23(33(35)36)13-10-20(26)2/h3-13,16-17H,14-15H2,1-2H3,(H,31,34). The average molecular weight is 509 g/mol. The number of nitrogens with one attached hydrogen (secondary N) is 1. The Morgan fingerprint density at radius 3 is 2.43 bits per heavy atom. The largest absolute Gasteiger partial charge is 0.326 e. The molecule has 0 aliphatic heterocycles. The molecule has 0 aliphatic rings. The van der Waals surface area contributed by atoms with Gasteiger partial charge in [0.15, 0.2) is 0 Å². The van der Waals surface area contributed by atoms with Crippen LogP contribution in [0.5, 0.6) is 0 Å². The van der Waals surface area contributed by atoms with Crippen LogP contribution in [0.4, 0.5) is 11.4 Å². The maximum atomic E-state index is 12.6. The highest BCUT2D eigenvalue weighted by atomic mass is 32.2. The number of hydrogen-bond donors (Lipinski definition) is 1. The van der Waals surface area contributed by atoms with Crippen molar-refractivity contribution in [3.8, 4) is 28.5 Å². The number of aromatic nitrogens is 1. The van der Waals surface area contributed by atoms with Gasteiger partial charge in [-0.1, -0.05) is 66.2 Å². The number of carbonyl (C=O) groups excluding carboxylic acids is 1. The van der Waals surface area contributed by atoms with E-state index in [-0.39, 0.29) is 18.0 Å². The molecule has 1 heterocycles. The lowest BCUT2D eigenvalue weighted by molar-refractivity contribution is -0.384. The topological polar surface area (TPSA) is 109 Å². The molecule has 184 valence electrons. The summed E-state index contributed by atoms with van der Waals surface area (Å²) >= 11 is 1.34. The van der Waals surface area contributed by atoms with Crippen molar-refractivity contribution < 1.29 is 9.72 Å². The van der Waals surface area contributed by atoms with Crippen LogP contribution in [0.25, 0.3) is 22.4 Å². The minimum atomic E-state index is -0.495. The quantitative estimate of drug-likeness (QED) is 0.157. The molecule has 0 atom stereocenters. The summed E-state index contributed by atoms with van der Waals surface area (Å²) in [5, 5.41) is 24.4. The van der Waals surface area contributed by atoms with Gasteiger partial charge in [-0.2, -0.15) is 5.26 Å². The number of carbonyl (C=O) groups is 1. The van der Waals surface area contributed by atoms with Crippen LogP contribution < -0.4 is 5.32 Å². The van der Waals surface area contributed by atoms with Crippen molar-refractivity contribution in [3.63, 3.8) is 0 Å². The number of thioether (sulfide) groups is 1. The lowest BCUT2D eigenvalue weighted by atomic mass is 9.98. The first-order valence-electron chi connectivity index (χ1n) is 11.6. The summed E-state index contributed by atoms with van der Waals surface area (Å²) in [5.74, 6) is 0.111. The Morgan fingerprint density at radius 2 is 1.76 bits per heavy atom. The van der Waals surface area contributed by atoms with E-state index >= 15 is 0 Å². The van der Waals surface area contributed by atoms with Crippen LogP contribution in [0.15, 0.2) is 83.9 Å². The predicted molar refractivity (Wildman–Crippen MR) is 146 cm³/mol. The van der Waals surface area contributed by atoms with E-state index in [9.17, 15) is 20.2 Å². The Kier molecular flexibility index (Phi) is 7.96. The molecule has 3 aromatic carbocycles. The van der Waals surface area contributed by atoms with Crippen LogP contribution >= 0.6 is 11.8 Å². The van der Waals surface area contributed by atoms with Crippen molar-refractivity contribution in [2.24, 2.45) is 0 Å². The molecule has 37 heavy (non-hydrogen) atoms. The summed E-state index contributed by atoms with van der Waals surface area (Å²) in [6.45, 7) is 3.79. The Labute approximate surface area is 219 Å². The molecule has 4 aromatic rings. The fourth-order valence-electron chi connectivity index (χ4n) is 3.76. The Morgan fingerprint density at radius 1 is 1.03 bits per heavy atom. The molecule has 0 aliphatic carbocycles. The van der Waals surface area contributed by atoms with Crippen molar-refractivity contribution in [2.45, 2.75) is 25.3 Å². The first-order chi connectivity index (χ1) is 17.9. The fourth-order valence-corrected chi connectivity index (χ4v) is 4.71. The van der Waals surface area contributed by atoms with Gasteiger partial charge < -0.3 is 5.32 Å². The molecule has 1 N–H and O–H groups in total. The summed E-state index contributed by atoms with van der Waals surface area (Å²) in [6, 6.07) is 26.3. The Hall–Kier alpha value is -4.48. The zero-order chi connectivity index (χ0) is 26.4. The normalized spacial score (nSPS) is 10.5. The second-order valence-corrected chi connectivity index (χ2v) is 9.57. The van der Waals surface area contributed by atoms with E-state index in [2.05, 4.69) is 11.4 Å². The number of nitro groups is 1. The Balaban J connectivity index is 1.58. The summed E-state index contributed by atoms with van der Waals surface area (Å²) in [6.07, 6.45) is 0.148. The third kappa shape index (κ3) is 6.21. The maximum absolute atomic E-state index is 12.6. The lowest BCUT2D eigenvalue weighted by Crippen LogP contribution is -2.13. The molecule has 7 nitrogen and oxygen atoms in total. The van der Waals surface area contributed by atoms with Crippen LogP contribution in [0, 0.1) is 35.3 Å². The molecule has 8 heteroatoms. The summed E-state index contributed by atoms with van der Waals surface area (Å²) in [7, 11) is 0. The van der Waals surface area contributed by atoms with E-state index in [1.807, 2.05) is 67.6 Å². The molecule has 0 radical (unpaired) electrons. The van der Waals surface area contributed by atoms with E-state index in [0.717, 1.165) is 33.5 Å². The first kappa shape index (κ1) is 25.6. The summed E-state index contributed by atoms with van der Waals surface area (Å²) in [5.41, 5.74) is 6.03. The summed E-state index contributed by atoms with van der Waals surface area (Å²) in [4.78, 5) is 28.0. The number of rotatable bonds is 8. The number of hydrogen-bond acceptors (Lipinski definition) is 6. The van der Waals surface area contributed by atoms with Gasteiger partial charge in [-0.25, -0.2) is 4.98 Å². The highest BCUT2D eigenvalue weighted by Gasteiger charge is 2.17. The maximum Gasteiger partial charge on any atom is 0.271 e. The average Bonchev–Trinajstić information content (AvgIpc) is 2.90. The van der Waals surface area contributed by atoms with E-state index in [1.54, 1.807) is 13.0 Å². The van der Waals surface area contributed by atoms with Gasteiger partial charge in [0.1, 0.15) is 11.1 Å². The second-order valence-electron chi connectivity index (χ2n) is 8.48. The zero-order valence-corrected chi connectivity index (χ0v) is 21.2. The number of non-ortho nitro benzene ring substituents is 1. The number of nitrogens with zero attached hydrogens (tertiary/aromatic N) is 3. The monoisotopic (exact) mass is 508 g/mol. The number of pyridine rings is 1. The molecule has 4 rings (SSSR count). The smallest absolute Gasteiger partial charge is 0.271 e. The van der Waals surface area contributed by atoms with E-state index in [0.29, 0.717) is 22.0 Å². The van der Waals surface area contributed by atoms with E-state index < -0.39 is 4.92 Å². The van der Waals surface area contributed by atoms with Crippen molar-refractivity contribution >= 4 is 29.0 Å². The van der Waals surface area contributed by atoms with Gasteiger partial charge in [-0.3, -0.25) is 14.9 Å². The molecule has 1 aromatic heterocycles. The summed E-state index contributed by atoms with van der Waals surface area (Å²) < 4.78 is 0. The number of aryl methyl sites for hydroxylation is 2. The number of benzene rings is 3. The predicted octanol–water partition coefficient (Wildman–Crippen LogP) is 6.93. The van der Waals surface area contributed by atoms with Gasteiger partial charge in [0, 0.05) is 35.4 Å². The van der Waals surface area contributed by atoms with Crippen LogP contribution in [-0.2, 0) is 4.79 Å². The van der Waals surface area contributed by atoms with Crippen LogP contribution in [0.3, 0.4) is 0 Å². The van der Waals surface area contributed by atoms with Gasteiger partial charge in [0.2, 0.25) is 5.91 Å². The zero-order valence-electron chi connectivity index (χ0n) is 20.4. The number of amides is 1. The van der Waals surface area contributed by atoms with E-state index in [4.69, 9.17) is 4.98 Å². The minimum Gasteiger partial charge on any atom is -0.326 e. The number of anilines is 1. The third-order valence-corrected chi connectivity index (χ3v) is 6.78. The van der Waals surface area contributed by atoms with Crippen molar-refractivity contribution in [3.05, 3.63) is 106 Å². The third-order valence-electron chi connectivity index (χ3n) is 5.80.